The molecule has 0 saturated carbocycles. The molecule has 5 nitrogen and oxygen atoms in total. The lowest BCUT2D eigenvalue weighted by molar-refractivity contribution is 0.0768. The van der Waals surface area contributed by atoms with Gasteiger partial charge in [-0.1, -0.05) is 41.9 Å². The van der Waals surface area contributed by atoms with Gasteiger partial charge in [0.1, 0.15) is 5.15 Å². The Balaban J connectivity index is 2.18. The Hall–Kier alpha value is -1.85. The molecule has 1 heterocycles. The second-order valence-electron chi connectivity index (χ2n) is 5.76. The number of rotatable bonds is 6. The fourth-order valence-electron chi connectivity index (χ4n) is 2.33. The summed E-state index contributed by atoms with van der Waals surface area (Å²) in [7, 11) is 1.70. The van der Waals surface area contributed by atoms with Crippen LogP contribution in [0.15, 0.2) is 30.3 Å². The van der Waals surface area contributed by atoms with Gasteiger partial charge in [0.25, 0.3) is 5.91 Å². The Morgan fingerprint density at radius 3 is 2.65 bits per heavy atom. The maximum atomic E-state index is 12.6. The van der Waals surface area contributed by atoms with E-state index < -0.39 is 6.10 Å². The van der Waals surface area contributed by atoms with E-state index in [9.17, 15) is 9.90 Å². The van der Waals surface area contributed by atoms with Gasteiger partial charge in [-0.3, -0.25) is 4.79 Å². The largest absolute Gasteiger partial charge is 0.393 e. The molecule has 6 heteroatoms. The number of hydrogen-bond donors (Lipinski definition) is 1. The summed E-state index contributed by atoms with van der Waals surface area (Å²) in [5, 5.41) is 14.1. The van der Waals surface area contributed by atoms with E-state index in [0.29, 0.717) is 35.9 Å². The molecule has 1 unspecified atom stereocenters. The highest BCUT2D eigenvalue weighted by Gasteiger charge is 2.23. The normalized spacial score (nSPS) is 12.2. The SMILES string of the molecule is Cc1nn(Cc2ccccc2)c(Cl)c1C(=O)N(C)CCC(C)O. The summed E-state index contributed by atoms with van der Waals surface area (Å²) < 4.78 is 1.64. The standard InChI is InChI=1S/C17H22ClN3O2/c1-12(22)9-10-20(3)17(23)15-13(2)19-21(16(15)18)11-14-7-5-4-6-8-14/h4-8,12,22H,9-11H2,1-3H3. The lowest BCUT2D eigenvalue weighted by Crippen LogP contribution is -2.30. The second-order valence-corrected chi connectivity index (χ2v) is 6.12. The average Bonchev–Trinajstić information content (AvgIpc) is 2.79. The number of halogens is 1. The van der Waals surface area contributed by atoms with Crippen LogP contribution in [-0.4, -0.2) is 45.4 Å². The van der Waals surface area contributed by atoms with Crippen molar-refractivity contribution in [3.63, 3.8) is 0 Å². The molecular weight excluding hydrogens is 314 g/mol. The molecule has 0 spiro atoms. The number of aliphatic hydroxyl groups is 1. The quantitative estimate of drug-likeness (QED) is 0.883. The molecule has 0 aliphatic heterocycles. The molecule has 23 heavy (non-hydrogen) atoms. The van der Waals surface area contributed by atoms with E-state index in [0.717, 1.165) is 5.56 Å². The highest BCUT2D eigenvalue weighted by Crippen LogP contribution is 2.22. The van der Waals surface area contributed by atoms with Gasteiger partial charge in [-0.05, 0) is 25.8 Å². The van der Waals surface area contributed by atoms with Crippen molar-refractivity contribution in [2.75, 3.05) is 13.6 Å². The number of carbonyl (C=O) groups is 1. The number of aromatic nitrogens is 2. The summed E-state index contributed by atoms with van der Waals surface area (Å²) in [5.74, 6) is -0.174. The fraction of sp³-hybridized carbons (Fsp3) is 0.412. The topological polar surface area (TPSA) is 58.4 Å². The molecule has 2 aromatic rings. The zero-order chi connectivity index (χ0) is 17.0. The lowest BCUT2D eigenvalue weighted by atomic mass is 10.2. The number of nitrogens with zero attached hydrogens (tertiary/aromatic N) is 3. The van der Waals surface area contributed by atoms with E-state index in [1.54, 1.807) is 30.5 Å². The van der Waals surface area contributed by atoms with Gasteiger partial charge in [0.15, 0.2) is 0 Å². The van der Waals surface area contributed by atoms with Crippen LogP contribution in [0.25, 0.3) is 0 Å². The molecule has 1 aromatic carbocycles. The summed E-state index contributed by atoms with van der Waals surface area (Å²) >= 11 is 6.38. The van der Waals surface area contributed by atoms with E-state index in [1.807, 2.05) is 30.3 Å². The average molecular weight is 336 g/mol. The summed E-state index contributed by atoms with van der Waals surface area (Å²) in [6.07, 6.45) is 0.0828. The molecule has 0 aliphatic rings. The van der Waals surface area contributed by atoms with Crippen LogP contribution < -0.4 is 0 Å². The predicted molar refractivity (Wildman–Crippen MR) is 90.8 cm³/mol. The molecule has 1 amide bonds. The molecule has 0 radical (unpaired) electrons. The molecule has 2 rings (SSSR count). The van der Waals surface area contributed by atoms with Crippen molar-refractivity contribution in [2.45, 2.75) is 32.9 Å². The minimum Gasteiger partial charge on any atom is -0.393 e. The van der Waals surface area contributed by atoms with Crippen molar-refractivity contribution in [1.29, 1.82) is 0 Å². The second kappa shape index (κ2) is 7.62. The summed E-state index contributed by atoms with van der Waals surface area (Å²) in [5.41, 5.74) is 2.11. The third-order valence-electron chi connectivity index (χ3n) is 3.68. The van der Waals surface area contributed by atoms with Crippen LogP contribution in [0, 0.1) is 6.92 Å². The first-order chi connectivity index (χ1) is 10.9. The maximum absolute atomic E-state index is 12.6. The predicted octanol–water partition coefficient (Wildman–Crippen LogP) is 2.74. The number of carbonyl (C=O) groups excluding carboxylic acids is 1. The molecule has 1 aromatic heterocycles. The van der Waals surface area contributed by atoms with Crippen LogP contribution in [0.2, 0.25) is 5.15 Å². The third kappa shape index (κ3) is 4.33. The van der Waals surface area contributed by atoms with Gasteiger partial charge in [0.2, 0.25) is 0 Å². The first-order valence-corrected chi connectivity index (χ1v) is 7.98. The zero-order valence-electron chi connectivity index (χ0n) is 13.7. The van der Waals surface area contributed by atoms with Gasteiger partial charge in [-0.15, -0.1) is 0 Å². The molecule has 0 fully saturated rings. The van der Waals surface area contributed by atoms with Crippen LogP contribution >= 0.6 is 11.6 Å². The van der Waals surface area contributed by atoms with Crippen molar-refractivity contribution < 1.29 is 9.90 Å². The van der Waals surface area contributed by atoms with Crippen molar-refractivity contribution >= 4 is 17.5 Å². The molecule has 124 valence electrons. The Morgan fingerprint density at radius 2 is 2.04 bits per heavy atom. The number of benzene rings is 1. The van der Waals surface area contributed by atoms with E-state index in [2.05, 4.69) is 5.10 Å². The number of hydrogen-bond acceptors (Lipinski definition) is 3. The van der Waals surface area contributed by atoms with Crippen molar-refractivity contribution in [3.8, 4) is 0 Å². The first kappa shape index (κ1) is 17.5. The van der Waals surface area contributed by atoms with E-state index in [1.165, 1.54) is 0 Å². The Bertz CT molecular complexity index is 668. The summed E-state index contributed by atoms with van der Waals surface area (Å²) in [4.78, 5) is 14.1. The molecule has 0 aliphatic carbocycles. The van der Waals surface area contributed by atoms with Crippen LogP contribution in [0.1, 0.15) is 35.0 Å². The first-order valence-electron chi connectivity index (χ1n) is 7.60. The van der Waals surface area contributed by atoms with Crippen molar-refractivity contribution in [1.82, 2.24) is 14.7 Å². The highest BCUT2D eigenvalue weighted by molar-refractivity contribution is 6.33. The van der Waals surface area contributed by atoms with Crippen LogP contribution in [0.5, 0.6) is 0 Å². The zero-order valence-corrected chi connectivity index (χ0v) is 14.4. The molecule has 1 atom stereocenters. The van der Waals surface area contributed by atoms with Gasteiger partial charge in [-0.25, -0.2) is 4.68 Å². The third-order valence-corrected chi connectivity index (χ3v) is 4.07. The van der Waals surface area contributed by atoms with Crippen LogP contribution in [-0.2, 0) is 6.54 Å². The molecule has 1 N–H and O–H groups in total. The Kier molecular flexibility index (Phi) is 5.80. The number of aliphatic hydroxyl groups excluding tert-OH is 1. The molecule has 0 saturated heterocycles. The van der Waals surface area contributed by atoms with Crippen LogP contribution in [0.4, 0.5) is 0 Å². The monoisotopic (exact) mass is 335 g/mol. The highest BCUT2D eigenvalue weighted by atomic mass is 35.5. The van der Waals surface area contributed by atoms with Gasteiger partial charge < -0.3 is 10.0 Å². The number of aryl methyl sites for hydroxylation is 1. The van der Waals surface area contributed by atoms with Gasteiger partial charge in [0, 0.05) is 13.6 Å². The smallest absolute Gasteiger partial charge is 0.258 e. The lowest BCUT2D eigenvalue weighted by Gasteiger charge is -2.18. The summed E-state index contributed by atoms with van der Waals surface area (Å²) in [6, 6.07) is 9.84. The Labute approximate surface area is 141 Å². The maximum Gasteiger partial charge on any atom is 0.258 e. The van der Waals surface area contributed by atoms with E-state index in [-0.39, 0.29) is 5.91 Å². The molecule has 0 bridgehead atoms. The summed E-state index contributed by atoms with van der Waals surface area (Å²) in [6.45, 7) is 4.47. The van der Waals surface area contributed by atoms with Gasteiger partial charge in [-0.2, -0.15) is 5.10 Å². The Morgan fingerprint density at radius 1 is 1.39 bits per heavy atom. The minimum absolute atomic E-state index is 0.174. The molecular formula is C17H22ClN3O2. The van der Waals surface area contributed by atoms with Crippen molar-refractivity contribution in [3.05, 3.63) is 52.3 Å². The fourth-order valence-corrected chi connectivity index (χ4v) is 2.65. The number of amides is 1. The van der Waals surface area contributed by atoms with Gasteiger partial charge in [0.05, 0.1) is 23.9 Å². The van der Waals surface area contributed by atoms with E-state index in [4.69, 9.17) is 11.6 Å². The van der Waals surface area contributed by atoms with E-state index >= 15 is 0 Å². The van der Waals surface area contributed by atoms with Gasteiger partial charge >= 0.3 is 0 Å². The minimum atomic E-state index is -0.442. The van der Waals surface area contributed by atoms with Crippen LogP contribution in [0.3, 0.4) is 0 Å². The van der Waals surface area contributed by atoms with Crippen molar-refractivity contribution in [2.24, 2.45) is 0 Å².